The number of rotatable bonds is 6. The Balaban J connectivity index is 0.000000425. The zero-order valence-electron chi connectivity index (χ0n) is 13.0. The molecule has 0 aliphatic carbocycles. The lowest BCUT2D eigenvalue weighted by Crippen LogP contribution is -1.96. The van der Waals surface area contributed by atoms with Gasteiger partial charge in [0.15, 0.2) is 5.84 Å². The Morgan fingerprint density at radius 3 is 2.36 bits per heavy atom. The van der Waals surface area contributed by atoms with Crippen molar-refractivity contribution in [1.29, 1.82) is 0 Å². The molecule has 0 amide bonds. The molecule has 4 heteroatoms. The fraction of sp³-hybridized carbons (Fsp3) is 0.167. The predicted molar refractivity (Wildman–Crippen MR) is 100 cm³/mol. The Bertz CT molecular complexity index is 543. The molecule has 22 heavy (non-hydrogen) atoms. The van der Waals surface area contributed by atoms with Crippen molar-refractivity contribution in [2.24, 2.45) is 15.0 Å². The first kappa shape index (κ1) is 19.7. The summed E-state index contributed by atoms with van der Waals surface area (Å²) in [6.45, 7) is 13.1. The van der Waals surface area contributed by atoms with Crippen LogP contribution in [0.25, 0.3) is 0 Å². The first-order valence-corrected chi connectivity index (χ1v) is 7.26. The van der Waals surface area contributed by atoms with Crippen LogP contribution in [0, 0.1) is 0 Å². The molecular weight excluding hydrogens is 294 g/mol. The van der Waals surface area contributed by atoms with Gasteiger partial charge in [0.2, 0.25) is 0 Å². The highest BCUT2D eigenvalue weighted by molar-refractivity contribution is 6.19. The Labute approximate surface area is 138 Å². The molecule has 0 aromatic heterocycles. The molecule has 0 saturated carbocycles. The summed E-state index contributed by atoms with van der Waals surface area (Å²) < 4.78 is 0. The standard InChI is InChI=1S/C10H13ClN2.C8H9N/c1-4-6-7-9(5-2)10(12-3)13-8-11;1-9-7-8-5-3-2-4-6-8/h4-7H,2-3,8H2,1H3;2-6H,1,7H2/b6-4-,9-7+,13-10-;. The van der Waals surface area contributed by atoms with E-state index in [1.807, 2.05) is 55.5 Å². The van der Waals surface area contributed by atoms with Gasteiger partial charge in [-0.3, -0.25) is 4.99 Å². The quantitative estimate of drug-likeness (QED) is 0.236. The number of allylic oxidation sites excluding steroid dienone is 3. The minimum atomic E-state index is 0.176. The van der Waals surface area contributed by atoms with E-state index in [1.165, 1.54) is 5.56 Å². The van der Waals surface area contributed by atoms with E-state index < -0.39 is 0 Å². The largest absolute Gasteiger partial charge is 0.296 e. The third kappa shape index (κ3) is 8.82. The molecule has 0 N–H and O–H groups in total. The molecule has 1 rings (SSSR count). The number of aliphatic imine (C=N–C) groups is 3. The monoisotopic (exact) mass is 315 g/mol. The number of nitrogens with zero attached hydrogens (tertiary/aromatic N) is 3. The number of amidine groups is 1. The van der Waals surface area contributed by atoms with Crippen molar-refractivity contribution in [3.8, 4) is 0 Å². The molecule has 0 heterocycles. The number of hydrogen-bond acceptors (Lipinski definition) is 2. The summed E-state index contributed by atoms with van der Waals surface area (Å²) in [7, 11) is 0. The smallest absolute Gasteiger partial charge is 0.155 e. The number of benzene rings is 1. The van der Waals surface area contributed by atoms with Crippen LogP contribution in [-0.4, -0.2) is 25.3 Å². The lowest BCUT2D eigenvalue weighted by atomic mass is 10.2. The van der Waals surface area contributed by atoms with Gasteiger partial charge in [-0.05, 0) is 25.9 Å². The molecule has 0 radical (unpaired) electrons. The zero-order valence-corrected chi connectivity index (χ0v) is 13.7. The van der Waals surface area contributed by atoms with Gasteiger partial charge >= 0.3 is 0 Å². The Hall–Kier alpha value is -2.26. The van der Waals surface area contributed by atoms with Gasteiger partial charge in [-0.1, -0.05) is 61.2 Å². The minimum absolute atomic E-state index is 0.176. The second-order valence-electron chi connectivity index (χ2n) is 3.98. The van der Waals surface area contributed by atoms with Gasteiger partial charge in [0.05, 0.1) is 6.54 Å². The average molecular weight is 316 g/mol. The molecule has 3 nitrogen and oxygen atoms in total. The molecule has 116 valence electrons. The van der Waals surface area contributed by atoms with Gasteiger partial charge in [0.25, 0.3) is 0 Å². The Kier molecular flexibility index (Phi) is 12.3. The van der Waals surface area contributed by atoms with Crippen LogP contribution in [0.2, 0.25) is 0 Å². The highest BCUT2D eigenvalue weighted by Crippen LogP contribution is 2.02. The van der Waals surface area contributed by atoms with Gasteiger partial charge in [-0.2, -0.15) is 0 Å². The zero-order chi connectivity index (χ0) is 16.6. The highest BCUT2D eigenvalue weighted by Gasteiger charge is 1.97. The Morgan fingerprint density at radius 2 is 1.91 bits per heavy atom. The van der Waals surface area contributed by atoms with Crippen LogP contribution >= 0.6 is 11.6 Å². The second-order valence-corrected chi connectivity index (χ2v) is 4.22. The van der Waals surface area contributed by atoms with Gasteiger partial charge in [-0.25, -0.2) is 9.98 Å². The lowest BCUT2D eigenvalue weighted by Gasteiger charge is -1.98. The first-order valence-electron chi connectivity index (χ1n) is 6.72. The van der Waals surface area contributed by atoms with Crippen molar-refractivity contribution in [3.05, 3.63) is 72.4 Å². The molecule has 1 aromatic rings. The van der Waals surface area contributed by atoms with Crippen molar-refractivity contribution in [2.75, 3.05) is 6.00 Å². The number of alkyl halides is 1. The molecule has 0 aliphatic rings. The van der Waals surface area contributed by atoms with Gasteiger partial charge < -0.3 is 0 Å². The van der Waals surface area contributed by atoms with Crippen LogP contribution < -0.4 is 0 Å². The SMILES string of the molecule is C=CC(=C\C=C/C)/C(N=C)=N/CCl.C=NCc1ccccc1. The third-order valence-corrected chi connectivity index (χ3v) is 2.56. The van der Waals surface area contributed by atoms with Gasteiger partial charge in [-0.15, -0.1) is 11.6 Å². The molecule has 0 aliphatic heterocycles. The fourth-order valence-corrected chi connectivity index (χ4v) is 1.55. The van der Waals surface area contributed by atoms with Crippen molar-refractivity contribution < 1.29 is 0 Å². The molecule has 0 spiro atoms. The van der Waals surface area contributed by atoms with E-state index >= 15 is 0 Å². The van der Waals surface area contributed by atoms with Crippen LogP contribution in [0.15, 0.2) is 81.8 Å². The summed E-state index contributed by atoms with van der Waals surface area (Å²) in [4.78, 5) is 11.4. The first-order chi connectivity index (χ1) is 10.7. The van der Waals surface area contributed by atoms with E-state index in [4.69, 9.17) is 11.6 Å². The minimum Gasteiger partial charge on any atom is -0.296 e. The van der Waals surface area contributed by atoms with E-state index in [0.717, 1.165) is 12.1 Å². The molecule has 0 unspecified atom stereocenters. The van der Waals surface area contributed by atoms with E-state index in [0.29, 0.717) is 5.84 Å². The fourth-order valence-electron chi connectivity index (χ4n) is 1.44. The molecular formula is C18H22ClN3. The van der Waals surface area contributed by atoms with Crippen LogP contribution in [0.1, 0.15) is 12.5 Å². The molecule has 0 atom stereocenters. The maximum atomic E-state index is 5.46. The number of halogens is 1. The van der Waals surface area contributed by atoms with Crippen molar-refractivity contribution >= 4 is 30.9 Å². The van der Waals surface area contributed by atoms with Crippen LogP contribution in [-0.2, 0) is 6.54 Å². The van der Waals surface area contributed by atoms with E-state index in [1.54, 1.807) is 6.08 Å². The molecule has 0 bridgehead atoms. The van der Waals surface area contributed by atoms with E-state index in [-0.39, 0.29) is 6.00 Å². The molecule has 0 fully saturated rings. The summed E-state index contributed by atoms with van der Waals surface area (Å²) in [5.74, 6) is 0.517. The summed E-state index contributed by atoms with van der Waals surface area (Å²) in [5, 5.41) is 0. The van der Waals surface area contributed by atoms with Crippen molar-refractivity contribution in [2.45, 2.75) is 13.5 Å². The number of hydrogen-bond donors (Lipinski definition) is 0. The maximum Gasteiger partial charge on any atom is 0.155 e. The molecule has 1 aromatic carbocycles. The summed E-state index contributed by atoms with van der Waals surface area (Å²) in [5.41, 5.74) is 2.03. The van der Waals surface area contributed by atoms with Gasteiger partial charge in [0, 0.05) is 5.57 Å². The van der Waals surface area contributed by atoms with Crippen molar-refractivity contribution in [3.63, 3.8) is 0 Å². The topological polar surface area (TPSA) is 37.1 Å². The summed E-state index contributed by atoms with van der Waals surface area (Å²) >= 11 is 5.46. The predicted octanol–water partition coefficient (Wildman–Crippen LogP) is 4.86. The highest BCUT2D eigenvalue weighted by atomic mass is 35.5. The van der Waals surface area contributed by atoms with E-state index in [9.17, 15) is 0 Å². The van der Waals surface area contributed by atoms with Gasteiger partial charge in [0.1, 0.15) is 6.00 Å². The van der Waals surface area contributed by atoms with E-state index in [2.05, 4.69) is 35.0 Å². The van der Waals surface area contributed by atoms with Crippen LogP contribution in [0.4, 0.5) is 0 Å². The average Bonchev–Trinajstić information content (AvgIpc) is 2.56. The van der Waals surface area contributed by atoms with Crippen LogP contribution in [0.3, 0.4) is 0 Å². The molecule has 0 saturated heterocycles. The Morgan fingerprint density at radius 1 is 1.23 bits per heavy atom. The maximum absolute atomic E-state index is 5.46. The summed E-state index contributed by atoms with van der Waals surface area (Å²) in [6, 6.07) is 10.2. The second kappa shape index (κ2) is 13.7. The van der Waals surface area contributed by atoms with Crippen molar-refractivity contribution in [1.82, 2.24) is 0 Å². The van der Waals surface area contributed by atoms with Crippen LogP contribution in [0.5, 0.6) is 0 Å². The third-order valence-electron chi connectivity index (χ3n) is 2.44. The summed E-state index contributed by atoms with van der Waals surface area (Å²) in [6.07, 6.45) is 7.31. The lowest BCUT2D eigenvalue weighted by molar-refractivity contribution is 1.08. The normalized spacial score (nSPS) is 11.5.